The molecule has 0 saturated carbocycles. The molecule has 34 heavy (non-hydrogen) atoms. The van der Waals surface area contributed by atoms with Gasteiger partial charge in [0.15, 0.2) is 23.1 Å². The summed E-state index contributed by atoms with van der Waals surface area (Å²) < 4.78 is 0. The molecule has 0 aromatic rings. The minimum Gasteiger partial charge on any atom is -0.374 e. The van der Waals surface area contributed by atoms with Crippen molar-refractivity contribution in [3.05, 3.63) is 22.5 Å². The molecule has 2 heterocycles. The molecular formula is C28H40N2O4. The van der Waals surface area contributed by atoms with Crippen molar-refractivity contribution < 1.29 is 19.2 Å². The number of allylic oxidation sites excluding steroid dienone is 4. The summed E-state index contributed by atoms with van der Waals surface area (Å²) >= 11 is 0. The number of hydrogen-bond acceptors (Lipinski definition) is 6. The van der Waals surface area contributed by atoms with Gasteiger partial charge in [0.25, 0.3) is 0 Å². The van der Waals surface area contributed by atoms with Gasteiger partial charge in [-0.15, -0.1) is 0 Å². The summed E-state index contributed by atoms with van der Waals surface area (Å²) in [5, 5.41) is 0. The molecule has 0 amide bonds. The number of hydrogen-bond donors (Lipinski definition) is 0. The van der Waals surface area contributed by atoms with E-state index < -0.39 is 0 Å². The van der Waals surface area contributed by atoms with E-state index in [1.165, 1.54) is 0 Å². The normalized spacial score (nSPS) is 24.9. The highest BCUT2D eigenvalue weighted by atomic mass is 16.2. The zero-order valence-corrected chi connectivity index (χ0v) is 21.4. The SMILES string of the molecule is CC1(C)CC(=O)C(C(=O)CCC(=O)C2=C(N3CCCC3)CC(C)(C)CC2=O)=C(N2CCCC2)C1. The average molecular weight is 469 g/mol. The fourth-order valence-electron chi connectivity index (χ4n) is 6.20. The first-order valence-electron chi connectivity index (χ1n) is 13.1. The Morgan fingerprint density at radius 3 is 1.26 bits per heavy atom. The second-order valence-corrected chi connectivity index (χ2v) is 12.3. The molecule has 6 nitrogen and oxygen atoms in total. The number of rotatable bonds is 7. The largest absolute Gasteiger partial charge is 0.374 e. The lowest BCUT2D eigenvalue weighted by atomic mass is 9.73. The third-order valence-corrected chi connectivity index (χ3v) is 7.82. The van der Waals surface area contributed by atoms with Crippen LogP contribution in [0.5, 0.6) is 0 Å². The molecule has 0 N–H and O–H groups in total. The zero-order valence-electron chi connectivity index (χ0n) is 21.4. The first-order valence-corrected chi connectivity index (χ1v) is 13.1. The summed E-state index contributed by atoms with van der Waals surface area (Å²) in [6.45, 7) is 11.8. The van der Waals surface area contributed by atoms with E-state index >= 15 is 0 Å². The van der Waals surface area contributed by atoms with E-state index in [1.807, 2.05) is 0 Å². The summed E-state index contributed by atoms with van der Waals surface area (Å²) in [4.78, 5) is 57.2. The predicted octanol–water partition coefficient (Wildman–Crippen LogP) is 4.38. The standard InChI is InChI=1S/C28H40N2O4/c1-27(2)15-19(29-11-5-6-12-29)25(23(33)17-27)21(31)9-10-22(32)26-20(30-13-7-8-14-30)16-28(3,4)18-24(26)34/h5-18H2,1-4H3. The van der Waals surface area contributed by atoms with Gasteiger partial charge in [0.1, 0.15) is 0 Å². The van der Waals surface area contributed by atoms with Crippen LogP contribution >= 0.6 is 0 Å². The zero-order chi connectivity index (χ0) is 24.7. The van der Waals surface area contributed by atoms with Crippen molar-refractivity contribution >= 4 is 23.1 Å². The van der Waals surface area contributed by atoms with Gasteiger partial charge in [-0.2, -0.15) is 0 Å². The molecule has 0 aromatic heterocycles. The van der Waals surface area contributed by atoms with Crippen LogP contribution in [0.15, 0.2) is 22.5 Å². The topological polar surface area (TPSA) is 74.8 Å². The minimum atomic E-state index is -0.234. The minimum absolute atomic E-state index is 0.00880. The average Bonchev–Trinajstić information content (AvgIpc) is 3.43. The van der Waals surface area contributed by atoms with Crippen LogP contribution in [0, 0.1) is 10.8 Å². The highest BCUT2D eigenvalue weighted by Crippen LogP contribution is 2.41. The molecule has 0 bridgehead atoms. The van der Waals surface area contributed by atoms with Crippen LogP contribution in [0.1, 0.15) is 91.9 Å². The van der Waals surface area contributed by atoms with Crippen LogP contribution in [0.25, 0.3) is 0 Å². The highest BCUT2D eigenvalue weighted by molar-refractivity contribution is 6.24. The van der Waals surface area contributed by atoms with Crippen molar-refractivity contribution in [1.29, 1.82) is 0 Å². The lowest BCUT2D eigenvalue weighted by molar-refractivity contribution is -0.127. The Labute approximate surface area is 203 Å². The molecular weight excluding hydrogens is 428 g/mol. The molecule has 0 aromatic carbocycles. The van der Waals surface area contributed by atoms with Gasteiger partial charge < -0.3 is 9.80 Å². The summed E-state index contributed by atoms with van der Waals surface area (Å²) in [5.74, 6) is -0.656. The summed E-state index contributed by atoms with van der Waals surface area (Å²) in [6.07, 6.45) is 6.42. The molecule has 0 spiro atoms. The van der Waals surface area contributed by atoms with E-state index in [1.54, 1.807) is 0 Å². The van der Waals surface area contributed by atoms with Crippen molar-refractivity contribution in [2.75, 3.05) is 26.2 Å². The van der Waals surface area contributed by atoms with Gasteiger partial charge in [0, 0.05) is 63.3 Å². The highest BCUT2D eigenvalue weighted by Gasteiger charge is 2.40. The van der Waals surface area contributed by atoms with Crippen molar-refractivity contribution in [2.24, 2.45) is 10.8 Å². The van der Waals surface area contributed by atoms with E-state index in [9.17, 15) is 19.2 Å². The second-order valence-electron chi connectivity index (χ2n) is 12.3. The summed E-state index contributed by atoms with van der Waals surface area (Å²) in [6, 6.07) is 0. The molecule has 2 aliphatic carbocycles. The molecule has 0 atom stereocenters. The van der Waals surface area contributed by atoms with Crippen LogP contribution < -0.4 is 0 Å². The third kappa shape index (κ3) is 5.21. The first-order chi connectivity index (χ1) is 16.0. The van der Waals surface area contributed by atoms with E-state index in [-0.39, 0.29) is 46.8 Å². The first kappa shape index (κ1) is 24.9. The van der Waals surface area contributed by atoms with E-state index in [0.717, 1.165) is 63.3 Å². The van der Waals surface area contributed by atoms with Crippen molar-refractivity contribution in [3.63, 3.8) is 0 Å². The molecule has 2 aliphatic heterocycles. The van der Waals surface area contributed by atoms with Gasteiger partial charge >= 0.3 is 0 Å². The molecule has 4 aliphatic rings. The van der Waals surface area contributed by atoms with Gasteiger partial charge in [-0.25, -0.2) is 0 Å². The van der Waals surface area contributed by atoms with Crippen molar-refractivity contribution in [1.82, 2.24) is 9.80 Å². The third-order valence-electron chi connectivity index (χ3n) is 7.82. The Bertz CT molecular complexity index is 879. The van der Waals surface area contributed by atoms with Crippen LogP contribution in [-0.4, -0.2) is 59.1 Å². The Morgan fingerprint density at radius 2 is 0.941 bits per heavy atom. The molecule has 6 heteroatoms. The monoisotopic (exact) mass is 468 g/mol. The number of nitrogens with zero attached hydrogens (tertiary/aromatic N) is 2. The van der Waals surface area contributed by atoms with Crippen molar-refractivity contribution in [2.45, 2.75) is 91.9 Å². The molecule has 186 valence electrons. The predicted molar refractivity (Wildman–Crippen MR) is 131 cm³/mol. The number of likely N-dealkylation sites (tertiary alicyclic amines) is 2. The Balaban J connectivity index is 1.55. The Morgan fingerprint density at radius 1 is 0.618 bits per heavy atom. The van der Waals surface area contributed by atoms with Crippen LogP contribution in [0.2, 0.25) is 0 Å². The molecule has 2 saturated heterocycles. The number of carbonyl (C=O) groups is 4. The van der Waals surface area contributed by atoms with E-state index in [0.29, 0.717) is 36.8 Å². The van der Waals surface area contributed by atoms with E-state index in [4.69, 9.17) is 0 Å². The molecule has 4 rings (SSSR count). The van der Waals surface area contributed by atoms with Gasteiger partial charge in [-0.1, -0.05) is 27.7 Å². The number of Topliss-reactive ketones (excluding diaryl/α,β-unsaturated/α-hetero) is 4. The molecule has 0 radical (unpaired) electrons. The van der Waals surface area contributed by atoms with Crippen molar-refractivity contribution in [3.8, 4) is 0 Å². The Kier molecular flexibility index (Phi) is 6.90. The van der Waals surface area contributed by atoms with Gasteiger partial charge in [-0.05, 0) is 49.4 Å². The van der Waals surface area contributed by atoms with Gasteiger partial charge in [0.05, 0.1) is 11.1 Å². The van der Waals surface area contributed by atoms with Crippen LogP contribution in [-0.2, 0) is 19.2 Å². The number of ketones is 4. The van der Waals surface area contributed by atoms with Crippen LogP contribution in [0.3, 0.4) is 0 Å². The number of carbonyl (C=O) groups excluding carboxylic acids is 4. The quantitative estimate of drug-likeness (QED) is 0.516. The van der Waals surface area contributed by atoms with Gasteiger partial charge in [0.2, 0.25) is 0 Å². The smallest absolute Gasteiger partial charge is 0.168 e. The second kappa shape index (κ2) is 9.43. The maximum Gasteiger partial charge on any atom is 0.168 e. The fraction of sp³-hybridized carbons (Fsp3) is 0.714. The summed E-state index contributed by atoms with van der Waals surface area (Å²) in [5.41, 5.74) is 2.07. The Hall–Kier alpha value is -2.24. The fourth-order valence-corrected chi connectivity index (χ4v) is 6.20. The van der Waals surface area contributed by atoms with Crippen LogP contribution in [0.4, 0.5) is 0 Å². The lowest BCUT2D eigenvalue weighted by Crippen LogP contribution is -2.36. The lowest BCUT2D eigenvalue weighted by Gasteiger charge is -2.36. The van der Waals surface area contributed by atoms with E-state index in [2.05, 4.69) is 37.5 Å². The molecule has 0 unspecified atom stereocenters. The van der Waals surface area contributed by atoms with Gasteiger partial charge in [-0.3, -0.25) is 19.2 Å². The maximum atomic E-state index is 13.3. The summed E-state index contributed by atoms with van der Waals surface area (Å²) in [7, 11) is 0. The maximum absolute atomic E-state index is 13.3. The molecule has 2 fully saturated rings.